The average molecular weight is 312 g/mol. The molecule has 6 nitrogen and oxygen atoms in total. The number of aromatic nitrogens is 3. The van der Waals surface area contributed by atoms with Crippen LogP contribution in [0.15, 0.2) is 35.3 Å². The lowest BCUT2D eigenvalue weighted by atomic mass is 10.2. The number of nitrogens with one attached hydrogen (secondary N) is 1. The Morgan fingerprint density at radius 2 is 2.04 bits per heavy atom. The lowest BCUT2D eigenvalue weighted by molar-refractivity contribution is 0.473. The van der Waals surface area contributed by atoms with Crippen LogP contribution >= 0.6 is 0 Å². The van der Waals surface area contributed by atoms with Crippen molar-refractivity contribution in [3.8, 4) is 0 Å². The molecule has 1 N–H and O–H groups in total. The molecule has 6 heteroatoms. The number of nitrogens with zero attached hydrogens (tertiary/aromatic N) is 5. The Morgan fingerprint density at radius 3 is 2.65 bits per heavy atom. The van der Waals surface area contributed by atoms with Gasteiger partial charge in [0.1, 0.15) is 12.4 Å². The van der Waals surface area contributed by atoms with E-state index in [4.69, 9.17) is 4.99 Å². The molecule has 1 aromatic heterocycles. The van der Waals surface area contributed by atoms with Gasteiger partial charge in [-0.3, -0.25) is 0 Å². The fraction of sp³-hybridized carbons (Fsp3) is 0.471. The van der Waals surface area contributed by atoms with Crippen LogP contribution in [0.3, 0.4) is 0 Å². The van der Waals surface area contributed by atoms with Gasteiger partial charge < -0.3 is 14.8 Å². The lowest BCUT2D eigenvalue weighted by Crippen LogP contribution is -2.39. The molecule has 0 amide bonds. The molecule has 0 atom stereocenters. The van der Waals surface area contributed by atoms with Crippen LogP contribution in [-0.4, -0.2) is 38.7 Å². The van der Waals surface area contributed by atoms with E-state index in [-0.39, 0.29) is 0 Å². The number of aryl methyl sites for hydroxylation is 1. The number of rotatable bonds is 5. The van der Waals surface area contributed by atoms with Crippen LogP contribution in [0.4, 0.5) is 0 Å². The molecule has 0 radical (unpaired) electrons. The molecule has 122 valence electrons. The Kier molecular flexibility index (Phi) is 4.60. The van der Waals surface area contributed by atoms with Crippen LogP contribution in [0.25, 0.3) is 0 Å². The Balaban J connectivity index is 1.71. The minimum absolute atomic E-state index is 0.533. The third-order valence-electron chi connectivity index (χ3n) is 4.09. The van der Waals surface area contributed by atoms with Gasteiger partial charge in [-0.2, -0.15) is 0 Å². The second kappa shape index (κ2) is 6.81. The standard InChI is InChI=1S/C17H24N6/c1-13-20-21-16(23(13)3)11-18-17(19-15-9-10-15)22(2)12-14-7-5-4-6-8-14/h4-8,15H,9-12H2,1-3H3,(H,18,19). The molecule has 1 fully saturated rings. The molecule has 2 aromatic rings. The maximum Gasteiger partial charge on any atom is 0.194 e. The second-order valence-corrected chi connectivity index (χ2v) is 6.12. The van der Waals surface area contributed by atoms with Gasteiger partial charge in [0.2, 0.25) is 0 Å². The van der Waals surface area contributed by atoms with Crippen molar-refractivity contribution < 1.29 is 0 Å². The topological polar surface area (TPSA) is 58.3 Å². The largest absolute Gasteiger partial charge is 0.353 e. The average Bonchev–Trinajstić information content (AvgIpc) is 3.32. The SMILES string of the molecule is Cc1nnc(CN=C(NC2CC2)N(C)Cc2ccccc2)n1C. The van der Waals surface area contributed by atoms with Crippen molar-refractivity contribution in [2.75, 3.05) is 7.05 Å². The number of hydrogen-bond acceptors (Lipinski definition) is 3. The molecular weight excluding hydrogens is 288 g/mol. The molecule has 1 aliphatic carbocycles. The fourth-order valence-corrected chi connectivity index (χ4v) is 2.35. The van der Waals surface area contributed by atoms with Gasteiger partial charge in [-0.05, 0) is 25.3 Å². The zero-order chi connectivity index (χ0) is 16.2. The van der Waals surface area contributed by atoms with Crippen LogP contribution in [-0.2, 0) is 20.1 Å². The molecule has 3 rings (SSSR count). The third-order valence-corrected chi connectivity index (χ3v) is 4.09. The summed E-state index contributed by atoms with van der Waals surface area (Å²) < 4.78 is 1.98. The van der Waals surface area contributed by atoms with Crippen molar-refractivity contribution in [3.05, 3.63) is 47.5 Å². The maximum atomic E-state index is 4.75. The monoisotopic (exact) mass is 312 g/mol. The highest BCUT2D eigenvalue weighted by Crippen LogP contribution is 2.19. The van der Waals surface area contributed by atoms with Crippen molar-refractivity contribution in [2.24, 2.45) is 12.0 Å². The summed E-state index contributed by atoms with van der Waals surface area (Å²) in [5.41, 5.74) is 1.27. The Hall–Kier alpha value is -2.37. The predicted octanol–water partition coefficient (Wildman–Crippen LogP) is 1.86. The zero-order valence-electron chi connectivity index (χ0n) is 14.0. The van der Waals surface area contributed by atoms with E-state index in [0.717, 1.165) is 24.2 Å². The molecule has 1 aromatic carbocycles. The summed E-state index contributed by atoms with van der Waals surface area (Å²) in [4.78, 5) is 6.92. The molecule has 0 unspecified atom stereocenters. The Morgan fingerprint density at radius 1 is 1.30 bits per heavy atom. The van der Waals surface area contributed by atoms with E-state index in [1.165, 1.54) is 18.4 Å². The number of guanidine groups is 1. The predicted molar refractivity (Wildman–Crippen MR) is 90.9 cm³/mol. The smallest absolute Gasteiger partial charge is 0.194 e. The highest BCUT2D eigenvalue weighted by Gasteiger charge is 2.24. The van der Waals surface area contributed by atoms with E-state index in [9.17, 15) is 0 Å². The fourth-order valence-electron chi connectivity index (χ4n) is 2.35. The molecule has 0 aliphatic heterocycles. The van der Waals surface area contributed by atoms with E-state index < -0.39 is 0 Å². The summed E-state index contributed by atoms with van der Waals surface area (Å²) in [5.74, 6) is 2.72. The van der Waals surface area contributed by atoms with Gasteiger partial charge in [-0.15, -0.1) is 10.2 Å². The Bertz CT molecular complexity index is 672. The minimum atomic E-state index is 0.533. The summed E-state index contributed by atoms with van der Waals surface area (Å²) in [6.45, 7) is 3.31. The normalized spacial score (nSPS) is 14.8. The number of hydrogen-bond donors (Lipinski definition) is 1. The summed E-state index contributed by atoms with van der Waals surface area (Å²) >= 11 is 0. The highest BCUT2D eigenvalue weighted by atomic mass is 15.3. The van der Waals surface area contributed by atoms with E-state index >= 15 is 0 Å². The van der Waals surface area contributed by atoms with Gasteiger partial charge in [0.15, 0.2) is 11.8 Å². The summed E-state index contributed by atoms with van der Waals surface area (Å²) in [6.07, 6.45) is 2.45. The molecule has 0 saturated heterocycles. The second-order valence-electron chi connectivity index (χ2n) is 6.12. The minimum Gasteiger partial charge on any atom is -0.353 e. The van der Waals surface area contributed by atoms with Crippen molar-refractivity contribution in [1.82, 2.24) is 25.0 Å². The third kappa shape index (κ3) is 4.09. The van der Waals surface area contributed by atoms with E-state index in [2.05, 4.69) is 51.7 Å². The highest BCUT2D eigenvalue weighted by molar-refractivity contribution is 5.80. The first kappa shape index (κ1) is 15.5. The summed E-state index contributed by atoms with van der Waals surface area (Å²) in [6, 6.07) is 11.0. The summed E-state index contributed by atoms with van der Waals surface area (Å²) in [7, 11) is 4.05. The number of aliphatic imine (C=N–C) groups is 1. The van der Waals surface area contributed by atoms with Gasteiger partial charge >= 0.3 is 0 Å². The van der Waals surface area contributed by atoms with E-state index in [0.29, 0.717) is 12.6 Å². The van der Waals surface area contributed by atoms with Crippen molar-refractivity contribution in [3.63, 3.8) is 0 Å². The number of benzene rings is 1. The molecule has 1 heterocycles. The van der Waals surface area contributed by atoms with Gasteiger partial charge in [-0.1, -0.05) is 30.3 Å². The first-order valence-electron chi connectivity index (χ1n) is 8.04. The maximum absolute atomic E-state index is 4.75. The lowest BCUT2D eigenvalue weighted by Gasteiger charge is -2.22. The molecule has 0 bridgehead atoms. The van der Waals surface area contributed by atoms with Crippen molar-refractivity contribution >= 4 is 5.96 Å². The van der Waals surface area contributed by atoms with Gasteiger partial charge in [-0.25, -0.2) is 4.99 Å². The first-order chi connectivity index (χ1) is 11.1. The van der Waals surface area contributed by atoms with Crippen molar-refractivity contribution in [1.29, 1.82) is 0 Å². The van der Waals surface area contributed by atoms with Crippen LogP contribution in [0, 0.1) is 6.92 Å². The van der Waals surface area contributed by atoms with Gasteiger partial charge in [0.05, 0.1) is 0 Å². The van der Waals surface area contributed by atoms with Crippen LogP contribution in [0.1, 0.15) is 30.1 Å². The molecular formula is C17H24N6. The molecule has 1 aliphatic rings. The van der Waals surface area contributed by atoms with Crippen LogP contribution in [0.5, 0.6) is 0 Å². The Labute approximate surface area is 137 Å². The van der Waals surface area contributed by atoms with E-state index in [1.807, 2.05) is 24.6 Å². The summed E-state index contributed by atoms with van der Waals surface area (Å²) in [5, 5.41) is 11.8. The first-order valence-corrected chi connectivity index (χ1v) is 8.04. The molecule has 0 spiro atoms. The van der Waals surface area contributed by atoms with Crippen molar-refractivity contribution in [2.45, 2.75) is 38.9 Å². The quantitative estimate of drug-likeness (QED) is 0.676. The molecule has 23 heavy (non-hydrogen) atoms. The van der Waals surface area contributed by atoms with Crippen LogP contribution in [0.2, 0.25) is 0 Å². The zero-order valence-corrected chi connectivity index (χ0v) is 14.0. The van der Waals surface area contributed by atoms with Crippen LogP contribution < -0.4 is 5.32 Å². The van der Waals surface area contributed by atoms with Gasteiger partial charge in [0, 0.05) is 26.7 Å². The van der Waals surface area contributed by atoms with E-state index in [1.54, 1.807) is 0 Å². The van der Waals surface area contributed by atoms with Gasteiger partial charge in [0.25, 0.3) is 0 Å². The molecule has 1 saturated carbocycles.